The van der Waals surface area contributed by atoms with E-state index in [4.69, 9.17) is 10.5 Å². The molecule has 1 aromatic carbocycles. The van der Waals surface area contributed by atoms with Gasteiger partial charge < -0.3 is 15.8 Å². The van der Waals surface area contributed by atoms with E-state index in [0.29, 0.717) is 5.56 Å². The van der Waals surface area contributed by atoms with Crippen molar-refractivity contribution < 1.29 is 45.5 Å². The van der Waals surface area contributed by atoms with Crippen molar-refractivity contribution in [2.24, 2.45) is 11.7 Å². The molecule has 2 unspecified atom stereocenters. The first kappa shape index (κ1) is 26.4. The molecule has 2 atom stereocenters. The average Bonchev–Trinajstić information content (AvgIpc) is 2.73. The lowest BCUT2D eigenvalue weighted by atomic mass is 9.81. The van der Waals surface area contributed by atoms with Gasteiger partial charge in [-0.2, -0.15) is 26.3 Å². The highest BCUT2D eigenvalue weighted by Crippen LogP contribution is 2.36. The zero-order valence-corrected chi connectivity index (χ0v) is 17.3. The van der Waals surface area contributed by atoms with Gasteiger partial charge in [0.05, 0.1) is 5.66 Å². The van der Waals surface area contributed by atoms with Crippen LogP contribution < -0.4 is 11.1 Å². The van der Waals surface area contributed by atoms with Crippen LogP contribution in [0.25, 0.3) is 0 Å². The summed E-state index contributed by atoms with van der Waals surface area (Å²) in [5.41, 5.74) is 5.07. The van der Waals surface area contributed by atoms with Crippen molar-refractivity contribution >= 4 is 17.8 Å². The van der Waals surface area contributed by atoms with Crippen molar-refractivity contribution in [3.63, 3.8) is 0 Å². The molecule has 1 fully saturated rings. The van der Waals surface area contributed by atoms with E-state index >= 15 is 0 Å². The number of Topliss-reactive ketones (excluding diaryl/α,β-unsaturated/α-hetero) is 1. The average molecular weight is 483 g/mol. The van der Waals surface area contributed by atoms with Crippen molar-refractivity contribution in [2.75, 3.05) is 13.1 Å². The zero-order chi connectivity index (χ0) is 24.9. The first-order valence-electron chi connectivity index (χ1n) is 9.97. The second-order valence-corrected chi connectivity index (χ2v) is 7.70. The van der Waals surface area contributed by atoms with E-state index in [1.165, 1.54) is 0 Å². The summed E-state index contributed by atoms with van der Waals surface area (Å²) >= 11 is 0. The fourth-order valence-corrected chi connectivity index (χ4v) is 3.61. The zero-order valence-electron chi connectivity index (χ0n) is 17.3. The Hall–Kier alpha value is -2.83. The SMILES string of the molecule is NC1(CCCNC(=O)C(F)(F)F)CC(C(=O)C(F)(F)F)CCN1C(=O)OCc1ccccc1. The van der Waals surface area contributed by atoms with Crippen molar-refractivity contribution in [3.8, 4) is 0 Å². The van der Waals surface area contributed by atoms with Crippen LogP contribution in [0.3, 0.4) is 0 Å². The Bertz CT molecular complexity index is 846. The van der Waals surface area contributed by atoms with E-state index in [0.717, 1.165) is 4.90 Å². The van der Waals surface area contributed by atoms with Gasteiger partial charge in [0.25, 0.3) is 0 Å². The Balaban J connectivity index is 2.09. The summed E-state index contributed by atoms with van der Waals surface area (Å²) < 4.78 is 80.8. The standard InChI is InChI=1S/C20H23F6N3O4/c21-19(22,23)15(30)14-7-10-29(17(32)33-12-13-5-2-1-3-6-13)18(27,11-14)8-4-9-28-16(31)20(24,25)26/h1-3,5-6,14H,4,7-12,27H2,(H,28,31). The number of ether oxygens (including phenoxy) is 1. The van der Waals surface area contributed by atoms with Crippen LogP contribution in [0.5, 0.6) is 0 Å². The third-order valence-electron chi connectivity index (χ3n) is 5.24. The summed E-state index contributed by atoms with van der Waals surface area (Å²) in [5.74, 6) is -5.68. The van der Waals surface area contributed by atoms with Crippen molar-refractivity contribution in [2.45, 2.75) is 50.3 Å². The number of nitrogens with two attached hydrogens (primary N) is 1. The normalized spacial score (nSPS) is 21.4. The van der Waals surface area contributed by atoms with E-state index in [1.54, 1.807) is 35.6 Å². The van der Waals surface area contributed by atoms with Crippen LogP contribution >= 0.6 is 0 Å². The molecule has 1 saturated heterocycles. The minimum absolute atomic E-state index is 0.140. The van der Waals surface area contributed by atoms with Gasteiger partial charge in [-0.3, -0.25) is 14.5 Å². The number of benzene rings is 1. The molecule has 33 heavy (non-hydrogen) atoms. The van der Waals surface area contributed by atoms with Gasteiger partial charge in [-0.15, -0.1) is 0 Å². The van der Waals surface area contributed by atoms with Gasteiger partial charge in [0.1, 0.15) is 6.61 Å². The topological polar surface area (TPSA) is 102 Å². The van der Waals surface area contributed by atoms with E-state index in [2.05, 4.69) is 0 Å². The van der Waals surface area contributed by atoms with Gasteiger partial charge in [0.2, 0.25) is 5.78 Å². The summed E-state index contributed by atoms with van der Waals surface area (Å²) in [6.45, 7) is -0.938. The molecule has 13 heteroatoms. The third kappa shape index (κ3) is 7.34. The van der Waals surface area contributed by atoms with Crippen LogP contribution in [-0.2, 0) is 20.9 Å². The number of nitrogens with zero attached hydrogens (tertiary/aromatic N) is 1. The van der Waals surface area contributed by atoms with Crippen LogP contribution in [-0.4, -0.2) is 53.8 Å². The Kier molecular flexibility index (Phi) is 8.33. The highest BCUT2D eigenvalue weighted by Gasteiger charge is 2.50. The van der Waals surface area contributed by atoms with Gasteiger partial charge in [0, 0.05) is 19.0 Å². The highest BCUT2D eigenvalue weighted by molar-refractivity contribution is 5.86. The number of carbonyl (C=O) groups is 3. The Morgan fingerprint density at radius 3 is 2.30 bits per heavy atom. The van der Waals surface area contributed by atoms with E-state index < -0.39 is 54.7 Å². The number of ketones is 1. The molecule has 0 bridgehead atoms. The van der Waals surface area contributed by atoms with E-state index in [-0.39, 0.29) is 32.4 Å². The first-order valence-corrected chi connectivity index (χ1v) is 9.97. The molecule has 0 aromatic heterocycles. The fraction of sp³-hybridized carbons (Fsp3) is 0.550. The number of hydrogen-bond acceptors (Lipinski definition) is 5. The van der Waals surface area contributed by atoms with Crippen molar-refractivity contribution in [3.05, 3.63) is 35.9 Å². The number of alkyl halides is 6. The molecule has 0 aliphatic carbocycles. The number of amides is 2. The lowest BCUT2D eigenvalue weighted by Gasteiger charge is -2.46. The summed E-state index contributed by atoms with van der Waals surface area (Å²) in [5, 5.41) is 1.63. The molecule has 3 N–H and O–H groups in total. The van der Waals surface area contributed by atoms with Gasteiger partial charge in [-0.1, -0.05) is 30.3 Å². The van der Waals surface area contributed by atoms with E-state index in [9.17, 15) is 40.7 Å². The maximum Gasteiger partial charge on any atom is 0.471 e. The number of halogens is 6. The van der Waals surface area contributed by atoms with Gasteiger partial charge in [-0.25, -0.2) is 4.79 Å². The number of carbonyl (C=O) groups excluding carboxylic acids is 3. The lowest BCUT2D eigenvalue weighted by molar-refractivity contribution is -0.178. The van der Waals surface area contributed by atoms with Crippen LogP contribution in [0.1, 0.15) is 31.2 Å². The first-order chi connectivity index (χ1) is 15.2. The van der Waals surface area contributed by atoms with Crippen LogP contribution in [0.4, 0.5) is 31.1 Å². The summed E-state index contributed by atoms with van der Waals surface area (Å²) in [6.07, 6.45) is -12.4. The molecule has 1 aromatic rings. The smallest absolute Gasteiger partial charge is 0.445 e. The molecule has 7 nitrogen and oxygen atoms in total. The molecular formula is C20H23F6N3O4. The Labute approximate surface area is 185 Å². The number of likely N-dealkylation sites (tertiary alicyclic amines) is 1. The Morgan fingerprint density at radius 2 is 1.73 bits per heavy atom. The van der Waals surface area contributed by atoms with Crippen LogP contribution in [0.2, 0.25) is 0 Å². The molecular weight excluding hydrogens is 460 g/mol. The maximum absolute atomic E-state index is 12.9. The van der Waals surface area contributed by atoms with Crippen LogP contribution in [0, 0.1) is 5.92 Å². The van der Waals surface area contributed by atoms with Crippen molar-refractivity contribution in [1.29, 1.82) is 0 Å². The molecule has 1 heterocycles. The predicted molar refractivity (Wildman–Crippen MR) is 102 cm³/mol. The highest BCUT2D eigenvalue weighted by atomic mass is 19.4. The summed E-state index contributed by atoms with van der Waals surface area (Å²) in [7, 11) is 0. The minimum atomic E-state index is -5.09. The summed E-state index contributed by atoms with van der Waals surface area (Å²) in [6, 6.07) is 8.52. The van der Waals surface area contributed by atoms with Gasteiger partial charge in [0.15, 0.2) is 0 Å². The molecule has 0 spiro atoms. The molecule has 0 radical (unpaired) electrons. The van der Waals surface area contributed by atoms with Gasteiger partial charge in [-0.05, 0) is 31.2 Å². The third-order valence-corrected chi connectivity index (χ3v) is 5.24. The lowest BCUT2D eigenvalue weighted by Crippen LogP contribution is -2.63. The molecule has 0 saturated carbocycles. The molecule has 2 amide bonds. The Morgan fingerprint density at radius 1 is 1.09 bits per heavy atom. The maximum atomic E-state index is 12.9. The second-order valence-electron chi connectivity index (χ2n) is 7.70. The number of hydrogen-bond donors (Lipinski definition) is 2. The fourth-order valence-electron chi connectivity index (χ4n) is 3.61. The predicted octanol–water partition coefficient (Wildman–Crippen LogP) is 3.28. The molecule has 1 aliphatic heterocycles. The van der Waals surface area contributed by atoms with Gasteiger partial charge >= 0.3 is 24.4 Å². The van der Waals surface area contributed by atoms with Crippen molar-refractivity contribution in [1.82, 2.24) is 10.2 Å². The number of nitrogens with one attached hydrogen (secondary N) is 1. The molecule has 184 valence electrons. The molecule has 2 rings (SSSR count). The number of piperidine rings is 1. The monoisotopic (exact) mass is 483 g/mol. The molecule has 1 aliphatic rings. The summed E-state index contributed by atoms with van der Waals surface area (Å²) in [4.78, 5) is 36.3. The quantitative estimate of drug-likeness (QED) is 0.458. The van der Waals surface area contributed by atoms with Crippen LogP contribution in [0.15, 0.2) is 30.3 Å². The van der Waals surface area contributed by atoms with E-state index in [1.807, 2.05) is 0 Å². The second kappa shape index (κ2) is 10.4. The number of rotatable bonds is 7. The largest absolute Gasteiger partial charge is 0.471 e. The minimum Gasteiger partial charge on any atom is -0.445 e.